The van der Waals surface area contributed by atoms with E-state index < -0.39 is 0 Å². The van der Waals surface area contributed by atoms with Gasteiger partial charge in [-0.1, -0.05) is 5.21 Å². The van der Waals surface area contributed by atoms with Gasteiger partial charge in [0.2, 0.25) is 0 Å². The molecule has 2 fully saturated rings. The lowest BCUT2D eigenvalue weighted by atomic mass is 10.1. The third-order valence-corrected chi connectivity index (χ3v) is 5.61. The number of hydrogen-bond donors (Lipinski definition) is 0. The van der Waals surface area contributed by atoms with E-state index in [1.807, 2.05) is 4.68 Å². The fraction of sp³-hybridized carbons (Fsp3) is 0.600. The van der Waals surface area contributed by atoms with Crippen LogP contribution in [0.4, 0.5) is 0 Å². The minimum absolute atomic E-state index is 0.296. The van der Waals surface area contributed by atoms with Crippen LogP contribution in [0.15, 0.2) is 17.6 Å². The van der Waals surface area contributed by atoms with Gasteiger partial charge in [-0.05, 0) is 49.9 Å². The van der Waals surface area contributed by atoms with Crippen LogP contribution in [0, 0.1) is 6.92 Å². The van der Waals surface area contributed by atoms with Gasteiger partial charge in [0.25, 0.3) is 0 Å². The average Bonchev–Trinajstić information content (AvgIpc) is 3.25. The molecule has 2 aliphatic rings. The molecule has 4 heterocycles. The van der Waals surface area contributed by atoms with Crippen LogP contribution in [0.5, 0.6) is 0 Å². The van der Waals surface area contributed by atoms with Gasteiger partial charge in [-0.25, -0.2) is 4.68 Å². The molecule has 4 rings (SSSR count). The molecule has 112 valence electrons. The third-order valence-electron chi connectivity index (χ3n) is 4.58. The first-order valence-electron chi connectivity index (χ1n) is 7.61. The van der Waals surface area contributed by atoms with Crippen LogP contribution >= 0.6 is 11.3 Å². The first-order chi connectivity index (χ1) is 10.3. The largest absolute Gasteiger partial charge is 0.377 e. The van der Waals surface area contributed by atoms with E-state index in [2.05, 4.69) is 39.8 Å². The average molecular weight is 304 g/mol. The standard InChI is InChI=1S/C15H20N4OS/c1-11-4-7-21-15(11)12-8-19(17-16-12)14-10-20-9-13(14)18-5-2-3-6-18/h4,7-8,13-14H,2-3,5-6,9-10H2,1H3/t13-,14-/m1/s1. The van der Waals surface area contributed by atoms with Crippen LogP contribution in [0.1, 0.15) is 24.4 Å². The molecule has 0 unspecified atom stereocenters. The molecule has 2 atom stereocenters. The first-order valence-corrected chi connectivity index (χ1v) is 8.49. The van der Waals surface area contributed by atoms with E-state index in [9.17, 15) is 0 Å². The fourth-order valence-corrected chi connectivity index (χ4v) is 4.26. The zero-order valence-electron chi connectivity index (χ0n) is 12.2. The minimum atomic E-state index is 0.296. The summed E-state index contributed by atoms with van der Waals surface area (Å²) in [6.07, 6.45) is 4.70. The monoisotopic (exact) mass is 304 g/mol. The quantitative estimate of drug-likeness (QED) is 0.873. The van der Waals surface area contributed by atoms with E-state index in [4.69, 9.17) is 4.74 Å². The summed E-state index contributed by atoms with van der Waals surface area (Å²) in [4.78, 5) is 3.77. The molecular formula is C15H20N4OS. The maximum Gasteiger partial charge on any atom is 0.123 e. The zero-order valence-corrected chi connectivity index (χ0v) is 13.1. The van der Waals surface area contributed by atoms with Crippen molar-refractivity contribution >= 4 is 11.3 Å². The van der Waals surface area contributed by atoms with Gasteiger partial charge in [-0.15, -0.1) is 16.4 Å². The predicted octanol–water partition coefficient (Wildman–Crippen LogP) is 2.35. The van der Waals surface area contributed by atoms with Crippen molar-refractivity contribution in [2.75, 3.05) is 26.3 Å². The van der Waals surface area contributed by atoms with Crippen molar-refractivity contribution in [3.05, 3.63) is 23.2 Å². The molecule has 2 aromatic heterocycles. The van der Waals surface area contributed by atoms with E-state index in [1.54, 1.807) is 11.3 Å². The Morgan fingerprint density at radius 1 is 1.24 bits per heavy atom. The summed E-state index contributed by atoms with van der Waals surface area (Å²) >= 11 is 1.73. The van der Waals surface area contributed by atoms with Crippen LogP contribution in [0.25, 0.3) is 10.6 Å². The summed E-state index contributed by atoms with van der Waals surface area (Å²) < 4.78 is 7.75. The highest BCUT2D eigenvalue weighted by atomic mass is 32.1. The molecule has 6 heteroatoms. The molecule has 0 radical (unpaired) electrons. The lowest BCUT2D eigenvalue weighted by Gasteiger charge is -2.27. The molecule has 0 N–H and O–H groups in total. The molecule has 2 aliphatic heterocycles. The summed E-state index contributed by atoms with van der Waals surface area (Å²) in [5, 5.41) is 10.9. The maximum atomic E-state index is 5.73. The number of likely N-dealkylation sites (tertiary alicyclic amines) is 1. The number of nitrogens with zero attached hydrogens (tertiary/aromatic N) is 4. The summed E-state index contributed by atoms with van der Waals surface area (Å²) in [5.74, 6) is 0. The molecular weight excluding hydrogens is 284 g/mol. The van der Waals surface area contributed by atoms with Gasteiger partial charge in [0, 0.05) is 0 Å². The maximum absolute atomic E-state index is 5.73. The number of thiophene rings is 1. The van der Waals surface area contributed by atoms with Gasteiger partial charge in [-0.3, -0.25) is 4.90 Å². The molecule has 21 heavy (non-hydrogen) atoms. The normalized spacial score (nSPS) is 26.7. The first kappa shape index (κ1) is 13.4. The van der Waals surface area contributed by atoms with Crippen LogP contribution < -0.4 is 0 Å². The molecule has 0 saturated carbocycles. The Bertz CT molecular complexity index is 617. The summed E-state index contributed by atoms with van der Waals surface area (Å²) in [5.41, 5.74) is 2.25. The highest BCUT2D eigenvalue weighted by molar-refractivity contribution is 7.13. The van der Waals surface area contributed by atoms with Gasteiger partial charge in [-0.2, -0.15) is 0 Å². The van der Waals surface area contributed by atoms with Crippen LogP contribution in [-0.2, 0) is 4.74 Å². The second kappa shape index (κ2) is 5.51. The molecule has 0 aromatic carbocycles. The van der Waals surface area contributed by atoms with E-state index in [0.717, 1.165) is 18.9 Å². The zero-order chi connectivity index (χ0) is 14.2. The van der Waals surface area contributed by atoms with Crippen LogP contribution in [0.2, 0.25) is 0 Å². The molecule has 0 spiro atoms. The Morgan fingerprint density at radius 3 is 2.81 bits per heavy atom. The topological polar surface area (TPSA) is 43.2 Å². The Labute approximate surface area is 128 Å². The van der Waals surface area contributed by atoms with Gasteiger partial charge in [0.05, 0.1) is 36.4 Å². The van der Waals surface area contributed by atoms with Crippen molar-refractivity contribution in [2.45, 2.75) is 31.8 Å². The highest BCUT2D eigenvalue weighted by Gasteiger charge is 2.36. The molecule has 0 amide bonds. The molecule has 0 aliphatic carbocycles. The van der Waals surface area contributed by atoms with Crippen molar-refractivity contribution in [1.29, 1.82) is 0 Å². The Balaban J connectivity index is 1.58. The Hall–Kier alpha value is -1.24. The smallest absolute Gasteiger partial charge is 0.123 e. The number of hydrogen-bond acceptors (Lipinski definition) is 5. The summed E-state index contributed by atoms with van der Waals surface area (Å²) in [7, 11) is 0. The van der Waals surface area contributed by atoms with Crippen LogP contribution in [-0.4, -0.2) is 52.2 Å². The molecule has 5 nitrogen and oxygen atoms in total. The van der Waals surface area contributed by atoms with Crippen molar-refractivity contribution in [1.82, 2.24) is 19.9 Å². The minimum Gasteiger partial charge on any atom is -0.377 e. The molecule has 0 bridgehead atoms. The van der Waals surface area contributed by atoms with E-state index in [0.29, 0.717) is 12.1 Å². The van der Waals surface area contributed by atoms with E-state index in [-0.39, 0.29) is 0 Å². The van der Waals surface area contributed by atoms with Crippen molar-refractivity contribution in [3.63, 3.8) is 0 Å². The van der Waals surface area contributed by atoms with Crippen molar-refractivity contribution in [2.24, 2.45) is 0 Å². The second-order valence-electron chi connectivity index (χ2n) is 5.93. The van der Waals surface area contributed by atoms with E-state index >= 15 is 0 Å². The Morgan fingerprint density at radius 2 is 2.05 bits per heavy atom. The van der Waals surface area contributed by atoms with E-state index in [1.165, 1.54) is 36.4 Å². The third kappa shape index (κ3) is 2.41. The van der Waals surface area contributed by atoms with Gasteiger partial charge >= 0.3 is 0 Å². The fourth-order valence-electron chi connectivity index (χ4n) is 3.38. The molecule has 2 saturated heterocycles. The molecule has 2 aromatic rings. The van der Waals surface area contributed by atoms with Gasteiger partial charge in [0.1, 0.15) is 5.69 Å². The van der Waals surface area contributed by atoms with Gasteiger partial charge in [0.15, 0.2) is 0 Å². The lowest BCUT2D eigenvalue weighted by Crippen LogP contribution is -2.39. The Kier molecular flexibility index (Phi) is 3.52. The summed E-state index contributed by atoms with van der Waals surface area (Å²) in [6, 6.07) is 2.88. The SMILES string of the molecule is Cc1ccsc1-c1cn([C@@H]2COC[C@H]2N2CCCC2)nn1. The van der Waals surface area contributed by atoms with Gasteiger partial charge < -0.3 is 4.74 Å². The number of aromatic nitrogens is 3. The predicted molar refractivity (Wildman–Crippen MR) is 82.5 cm³/mol. The summed E-state index contributed by atoms with van der Waals surface area (Å²) in [6.45, 7) is 6.06. The van der Waals surface area contributed by atoms with Crippen molar-refractivity contribution in [3.8, 4) is 10.6 Å². The number of ether oxygens (including phenoxy) is 1. The van der Waals surface area contributed by atoms with Crippen molar-refractivity contribution < 1.29 is 4.74 Å². The highest BCUT2D eigenvalue weighted by Crippen LogP contribution is 2.30. The number of rotatable bonds is 3. The van der Waals surface area contributed by atoms with Crippen LogP contribution in [0.3, 0.4) is 0 Å². The lowest BCUT2D eigenvalue weighted by molar-refractivity contribution is 0.158. The number of aryl methyl sites for hydroxylation is 1. The second-order valence-corrected chi connectivity index (χ2v) is 6.85.